The molecule has 1 atom stereocenters. The maximum atomic E-state index is 11.6. The average Bonchev–Trinajstić information content (AvgIpc) is 2.37. The van der Waals surface area contributed by atoms with Crippen molar-refractivity contribution < 1.29 is 9.53 Å². The summed E-state index contributed by atoms with van der Waals surface area (Å²) in [4.78, 5) is 15.7. The molecule has 0 saturated heterocycles. The second kappa shape index (κ2) is 7.30. The molecule has 0 spiro atoms. The van der Waals surface area contributed by atoms with E-state index in [0.29, 0.717) is 18.0 Å². The minimum atomic E-state index is -0.225. The first-order chi connectivity index (χ1) is 8.67. The van der Waals surface area contributed by atoms with Gasteiger partial charge in [-0.15, -0.1) is 6.42 Å². The normalized spacial score (nSPS) is 11.4. The molecule has 5 nitrogen and oxygen atoms in total. The van der Waals surface area contributed by atoms with Crippen molar-refractivity contribution in [3.63, 3.8) is 0 Å². The highest BCUT2D eigenvalue weighted by Gasteiger charge is 2.06. The van der Waals surface area contributed by atoms with Gasteiger partial charge in [-0.3, -0.25) is 4.79 Å². The van der Waals surface area contributed by atoms with Crippen molar-refractivity contribution in [1.29, 1.82) is 0 Å². The van der Waals surface area contributed by atoms with Crippen molar-refractivity contribution in [3.8, 4) is 12.3 Å². The van der Waals surface area contributed by atoms with Crippen LogP contribution in [0.3, 0.4) is 0 Å². The Hall–Kier alpha value is -2.06. The molecule has 0 saturated carbocycles. The van der Waals surface area contributed by atoms with E-state index in [1.807, 2.05) is 6.92 Å². The van der Waals surface area contributed by atoms with E-state index in [9.17, 15) is 4.79 Å². The molecular weight excluding hydrogens is 230 g/mol. The minimum absolute atomic E-state index is 0.156. The van der Waals surface area contributed by atoms with Gasteiger partial charge in [0.1, 0.15) is 5.82 Å². The fraction of sp³-hybridized carbons (Fsp3) is 0.385. The van der Waals surface area contributed by atoms with Crippen molar-refractivity contribution >= 4 is 11.7 Å². The molecule has 0 aliphatic rings. The molecule has 0 aliphatic heterocycles. The van der Waals surface area contributed by atoms with Gasteiger partial charge in [-0.1, -0.05) is 5.92 Å². The number of terminal acetylenes is 1. The zero-order valence-electron chi connectivity index (χ0n) is 10.6. The highest BCUT2D eigenvalue weighted by atomic mass is 16.5. The predicted molar refractivity (Wildman–Crippen MR) is 70.4 cm³/mol. The fourth-order valence-corrected chi connectivity index (χ4v) is 1.39. The van der Waals surface area contributed by atoms with Gasteiger partial charge in [0.25, 0.3) is 5.91 Å². The van der Waals surface area contributed by atoms with Crippen LogP contribution in [-0.2, 0) is 4.74 Å². The molecule has 0 unspecified atom stereocenters. The molecule has 0 aliphatic carbocycles. The van der Waals surface area contributed by atoms with Crippen LogP contribution in [0.2, 0.25) is 0 Å². The third kappa shape index (κ3) is 4.44. The van der Waals surface area contributed by atoms with Gasteiger partial charge in [0.2, 0.25) is 0 Å². The summed E-state index contributed by atoms with van der Waals surface area (Å²) < 4.78 is 5.01. The summed E-state index contributed by atoms with van der Waals surface area (Å²) >= 11 is 0. The predicted octanol–water partition coefficient (Wildman–Crippen LogP) is 0.891. The zero-order chi connectivity index (χ0) is 13.4. The Bertz CT molecular complexity index is 423. The minimum Gasteiger partial charge on any atom is -0.383 e. The summed E-state index contributed by atoms with van der Waals surface area (Å²) in [6.45, 7) is 2.79. The van der Waals surface area contributed by atoms with Crippen molar-refractivity contribution in [1.82, 2.24) is 10.3 Å². The van der Waals surface area contributed by atoms with Crippen LogP contribution >= 0.6 is 0 Å². The molecule has 0 bridgehead atoms. The molecule has 2 N–H and O–H groups in total. The number of ether oxygens (including phenoxy) is 1. The number of hydrogen-bond donors (Lipinski definition) is 2. The number of hydrogen-bond acceptors (Lipinski definition) is 4. The number of nitrogens with one attached hydrogen (secondary N) is 2. The topological polar surface area (TPSA) is 63.2 Å². The fourth-order valence-electron chi connectivity index (χ4n) is 1.39. The Morgan fingerprint density at radius 3 is 2.94 bits per heavy atom. The highest BCUT2D eigenvalue weighted by molar-refractivity contribution is 5.94. The molecule has 1 rings (SSSR count). The van der Waals surface area contributed by atoms with Crippen molar-refractivity contribution in [3.05, 3.63) is 23.9 Å². The Morgan fingerprint density at radius 2 is 2.39 bits per heavy atom. The van der Waals surface area contributed by atoms with E-state index in [2.05, 4.69) is 21.5 Å². The van der Waals surface area contributed by atoms with Gasteiger partial charge in [-0.05, 0) is 19.1 Å². The second-order valence-electron chi connectivity index (χ2n) is 3.82. The van der Waals surface area contributed by atoms with Crippen LogP contribution in [0.4, 0.5) is 5.82 Å². The molecule has 18 heavy (non-hydrogen) atoms. The highest BCUT2D eigenvalue weighted by Crippen LogP contribution is 2.06. The van der Waals surface area contributed by atoms with Crippen molar-refractivity contribution in [2.24, 2.45) is 0 Å². The Balaban J connectivity index is 2.57. The first kappa shape index (κ1) is 14.0. The zero-order valence-corrected chi connectivity index (χ0v) is 10.6. The maximum absolute atomic E-state index is 11.6. The van der Waals surface area contributed by atoms with Crippen LogP contribution in [0.25, 0.3) is 0 Å². The Labute approximate surface area is 107 Å². The number of rotatable bonds is 6. The molecule has 0 fully saturated rings. The smallest absolute Gasteiger partial charge is 0.253 e. The second-order valence-corrected chi connectivity index (χ2v) is 3.82. The number of methoxy groups -OCH3 is 1. The monoisotopic (exact) mass is 247 g/mol. The molecule has 5 heteroatoms. The molecule has 1 amide bonds. The molecule has 1 aromatic heterocycles. The number of pyridine rings is 1. The number of anilines is 1. The van der Waals surface area contributed by atoms with Gasteiger partial charge >= 0.3 is 0 Å². The lowest BCUT2D eigenvalue weighted by Crippen LogP contribution is -2.24. The number of carbonyl (C=O) groups excluding carboxylic acids is 1. The lowest BCUT2D eigenvalue weighted by molar-refractivity contribution is 0.0958. The molecule has 0 radical (unpaired) electrons. The van der Waals surface area contributed by atoms with E-state index in [-0.39, 0.29) is 18.5 Å². The summed E-state index contributed by atoms with van der Waals surface area (Å²) in [5, 5.41) is 5.73. The standard InChI is InChI=1S/C13H17N3O2/c1-4-7-14-13(17)11-5-6-12(15-8-11)16-10(2)9-18-3/h1,5-6,8,10H,7,9H2,2-3H3,(H,14,17)(H,15,16)/t10-/m0/s1. The largest absolute Gasteiger partial charge is 0.383 e. The number of aromatic nitrogens is 1. The maximum Gasteiger partial charge on any atom is 0.253 e. The number of nitrogens with zero attached hydrogens (tertiary/aromatic N) is 1. The van der Waals surface area contributed by atoms with Crippen LogP contribution in [0.15, 0.2) is 18.3 Å². The Morgan fingerprint density at radius 1 is 1.61 bits per heavy atom. The summed E-state index contributed by atoms with van der Waals surface area (Å²) in [6.07, 6.45) is 6.57. The first-order valence-corrected chi connectivity index (χ1v) is 5.60. The lowest BCUT2D eigenvalue weighted by atomic mass is 10.2. The van der Waals surface area contributed by atoms with E-state index in [1.54, 1.807) is 19.2 Å². The van der Waals surface area contributed by atoms with E-state index in [0.717, 1.165) is 0 Å². The number of carbonyl (C=O) groups is 1. The molecular formula is C13H17N3O2. The third-order valence-electron chi connectivity index (χ3n) is 2.19. The van der Waals surface area contributed by atoms with Crippen LogP contribution in [0.1, 0.15) is 17.3 Å². The van der Waals surface area contributed by atoms with E-state index >= 15 is 0 Å². The average molecular weight is 247 g/mol. The first-order valence-electron chi connectivity index (χ1n) is 5.60. The lowest BCUT2D eigenvalue weighted by Gasteiger charge is -2.13. The summed E-state index contributed by atoms with van der Waals surface area (Å²) in [7, 11) is 1.64. The summed E-state index contributed by atoms with van der Waals surface area (Å²) in [5.74, 6) is 2.82. The van der Waals surface area contributed by atoms with Crippen LogP contribution in [-0.4, -0.2) is 37.2 Å². The van der Waals surface area contributed by atoms with Gasteiger partial charge in [-0.25, -0.2) is 4.98 Å². The van der Waals surface area contributed by atoms with Crippen molar-refractivity contribution in [2.45, 2.75) is 13.0 Å². The van der Waals surface area contributed by atoms with Gasteiger partial charge < -0.3 is 15.4 Å². The van der Waals surface area contributed by atoms with Gasteiger partial charge in [-0.2, -0.15) is 0 Å². The summed E-state index contributed by atoms with van der Waals surface area (Å²) in [5.41, 5.74) is 0.482. The van der Waals surface area contributed by atoms with Gasteiger partial charge in [0, 0.05) is 19.3 Å². The quantitative estimate of drug-likeness (QED) is 0.733. The Kier molecular flexibility index (Phi) is 5.68. The number of amides is 1. The molecule has 96 valence electrons. The van der Waals surface area contributed by atoms with E-state index in [1.165, 1.54) is 6.20 Å². The van der Waals surface area contributed by atoms with Crippen LogP contribution in [0.5, 0.6) is 0 Å². The van der Waals surface area contributed by atoms with E-state index in [4.69, 9.17) is 11.2 Å². The summed E-state index contributed by atoms with van der Waals surface area (Å²) in [6, 6.07) is 3.60. The van der Waals surface area contributed by atoms with Gasteiger partial charge in [0.05, 0.1) is 18.7 Å². The van der Waals surface area contributed by atoms with Crippen molar-refractivity contribution in [2.75, 3.05) is 25.6 Å². The van der Waals surface area contributed by atoms with E-state index < -0.39 is 0 Å². The van der Waals surface area contributed by atoms with Crippen LogP contribution in [0, 0.1) is 12.3 Å². The molecule has 1 heterocycles. The molecule has 0 aromatic carbocycles. The SMILES string of the molecule is C#CCNC(=O)c1ccc(N[C@@H](C)COC)nc1. The van der Waals surface area contributed by atoms with Gasteiger partial charge in [0.15, 0.2) is 0 Å². The third-order valence-corrected chi connectivity index (χ3v) is 2.19. The van der Waals surface area contributed by atoms with Crippen LogP contribution < -0.4 is 10.6 Å². The molecule has 1 aromatic rings.